The summed E-state index contributed by atoms with van der Waals surface area (Å²) >= 11 is 0. The van der Waals surface area contributed by atoms with E-state index in [0.717, 1.165) is 49.4 Å². The first-order valence-electron chi connectivity index (χ1n) is 10.1. The van der Waals surface area contributed by atoms with Gasteiger partial charge in [0.15, 0.2) is 11.5 Å². The molecule has 1 aromatic heterocycles. The number of rotatable bonds is 7. The Labute approximate surface area is 185 Å². The van der Waals surface area contributed by atoms with Crippen LogP contribution < -0.4 is 14.4 Å². The molecule has 0 atom stereocenters. The van der Waals surface area contributed by atoms with E-state index in [2.05, 4.69) is 27.0 Å². The van der Waals surface area contributed by atoms with E-state index in [1.807, 2.05) is 18.2 Å². The fraction of sp³-hybridized carbons (Fsp3) is 0.217. The molecule has 0 bridgehead atoms. The predicted octanol–water partition coefficient (Wildman–Crippen LogP) is 4.38. The summed E-state index contributed by atoms with van der Waals surface area (Å²) in [5.41, 5.74) is 2.74. The molecule has 4 rings (SSSR count). The highest BCUT2D eigenvalue weighted by atomic mass is 16.6. The maximum absolute atomic E-state index is 10.7. The number of ether oxygens (including phenoxy) is 3. The lowest BCUT2D eigenvalue weighted by atomic mass is 10.2. The normalized spacial score (nSPS) is 13.8. The molecule has 32 heavy (non-hydrogen) atoms. The third kappa shape index (κ3) is 5.19. The third-order valence-corrected chi connectivity index (χ3v) is 4.92. The second-order valence-electron chi connectivity index (χ2n) is 7.00. The van der Waals surface area contributed by atoms with Crippen LogP contribution in [0.5, 0.6) is 17.4 Å². The van der Waals surface area contributed by atoms with Crippen LogP contribution in [0.3, 0.4) is 0 Å². The molecule has 0 unspecified atom stereocenters. The molecule has 0 spiro atoms. The minimum atomic E-state index is -0.512. The highest BCUT2D eigenvalue weighted by molar-refractivity contribution is 5.83. The van der Waals surface area contributed by atoms with Crippen LogP contribution in [0.25, 0.3) is 0 Å². The van der Waals surface area contributed by atoms with Gasteiger partial charge in [0, 0.05) is 37.1 Å². The molecule has 9 nitrogen and oxygen atoms in total. The Kier molecular flexibility index (Phi) is 6.57. The molecule has 9 heteroatoms. The summed E-state index contributed by atoms with van der Waals surface area (Å²) in [4.78, 5) is 21.0. The number of nitrogens with zero attached hydrogens (tertiary/aromatic N) is 4. The van der Waals surface area contributed by atoms with Crippen molar-refractivity contribution < 1.29 is 19.1 Å². The number of aliphatic imine (C=N–C) groups is 1. The molecule has 1 aliphatic rings. The lowest BCUT2D eigenvalue weighted by Gasteiger charge is -2.28. The van der Waals surface area contributed by atoms with E-state index in [1.165, 1.54) is 19.2 Å². The molecular weight excluding hydrogens is 412 g/mol. The van der Waals surface area contributed by atoms with Crippen molar-refractivity contribution in [2.45, 2.75) is 0 Å². The molecule has 2 heterocycles. The smallest absolute Gasteiger partial charge is 0.287 e. The first-order chi connectivity index (χ1) is 15.6. The summed E-state index contributed by atoms with van der Waals surface area (Å²) in [6, 6.07) is 16.2. The topological polar surface area (TPSA) is 99.3 Å². The number of anilines is 1. The van der Waals surface area contributed by atoms with E-state index in [0.29, 0.717) is 11.5 Å². The maximum atomic E-state index is 10.7. The van der Waals surface area contributed by atoms with Gasteiger partial charge in [-0.3, -0.25) is 15.1 Å². The SMILES string of the molecule is COc1cc(C=Nc2ccc(N3CCOCC3)cc2)ccc1Oc1ccc([N+](=O)[O-])cn1. The zero-order chi connectivity index (χ0) is 22.3. The first kappa shape index (κ1) is 21.3. The number of benzene rings is 2. The summed E-state index contributed by atoms with van der Waals surface area (Å²) in [7, 11) is 1.54. The van der Waals surface area contributed by atoms with E-state index >= 15 is 0 Å². The van der Waals surface area contributed by atoms with Crippen molar-refractivity contribution in [3.05, 3.63) is 76.5 Å². The quantitative estimate of drug-likeness (QED) is 0.309. The van der Waals surface area contributed by atoms with Crippen molar-refractivity contribution in [2.24, 2.45) is 4.99 Å². The standard InChI is InChI=1S/C23H22N4O5/c1-30-22-14-17(2-8-21(22)32-23-9-7-20(16-25-23)27(28)29)15-24-18-3-5-19(6-4-18)26-10-12-31-13-11-26/h2-9,14-16H,10-13H2,1H3. The van der Waals surface area contributed by atoms with Crippen LogP contribution in [0, 0.1) is 10.1 Å². The van der Waals surface area contributed by atoms with Gasteiger partial charge < -0.3 is 19.1 Å². The van der Waals surface area contributed by atoms with Crippen molar-refractivity contribution in [3.63, 3.8) is 0 Å². The Morgan fingerprint density at radius 2 is 1.88 bits per heavy atom. The molecule has 1 aliphatic heterocycles. The average molecular weight is 434 g/mol. The zero-order valence-corrected chi connectivity index (χ0v) is 17.5. The third-order valence-electron chi connectivity index (χ3n) is 4.92. The molecule has 3 aromatic rings. The number of hydrogen-bond donors (Lipinski definition) is 0. The number of hydrogen-bond acceptors (Lipinski definition) is 8. The van der Waals surface area contributed by atoms with Crippen LogP contribution in [0.4, 0.5) is 17.1 Å². The van der Waals surface area contributed by atoms with E-state index < -0.39 is 4.92 Å². The van der Waals surface area contributed by atoms with Gasteiger partial charge in [0.25, 0.3) is 5.69 Å². The monoisotopic (exact) mass is 434 g/mol. The van der Waals surface area contributed by atoms with Crippen LogP contribution in [0.15, 0.2) is 65.8 Å². The van der Waals surface area contributed by atoms with Crippen LogP contribution in [-0.4, -0.2) is 49.5 Å². The minimum absolute atomic E-state index is 0.103. The van der Waals surface area contributed by atoms with Crippen molar-refractivity contribution in [1.29, 1.82) is 0 Å². The highest BCUT2D eigenvalue weighted by Gasteiger charge is 2.11. The fourth-order valence-electron chi connectivity index (χ4n) is 3.22. The van der Waals surface area contributed by atoms with Gasteiger partial charge in [-0.2, -0.15) is 0 Å². The largest absolute Gasteiger partial charge is 0.493 e. The summed E-state index contributed by atoms with van der Waals surface area (Å²) < 4.78 is 16.5. The van der Waals surface area contributed by atoms with Crippen LogP contribution in [0.2, 0.25) is 0 Å². The Morgan fingerprint density at radius 1 is 1.09 bits per heavy atom. The van der Waals surface area contributed by atoms with Crippen molar-refractivity contribution in [3.8, 4) is 17.4 Å². The molecule has 1 fully saturated rings. The van der Waals surface area contributed by atoms with Gasteiger partial charge in [-0.05, 0) is 48.0 Å². The molecule has 0 radical (unpaired) electrons. The van der Waals surface area contributed by atoms with Gasteiger partial charge in [0.1, 0.15) is 6.20 Å². The molecule has 2 aromatic carbocycles. The van der Waals surface area contributed by atoms with Gasteiger partial charge in [-0.15, -0.1) is 0 Å². The lowest BCUT2D eigenvalue weighted by Crippen LogP contribution is -2.36. The molecule has 0 N–H and O–H groups in total. The van der Waals surface area contributed by atoms with Crippen molar-refractivity contribution >= 4 is 23.3 Å². The molecular formula is C23H22N4O5. The molecule has 164 valence electrons. The van der Waals surface area contributed by atoms with E-state index in [9.17, 15) is 10.1 Å². The number of nitro groups is 1. The average Bonchev–Trinajstić information content (AvgIpc) is 2.84. The van der Waals surface area contributed by atoms with Crippen LogP contribution >= 0.6 is 0 Å². The Balaban J connectivity index is 1.44. The minimum Gasteiger partial charge on any atom is -0.493 e. The lowest BCUT2D eigenvalue weighted by molar-refractivity contribution is -0.385. The Bertz CT molecular complexity index is 1090. The summed E-state index contributed by atoms with van der Waals surface area (Å²) in [5, 5.41) is 10.7. The number of aromatic nitrogens is 1. The molecule has 1 saturated heterocycles. The van der Waals surface area contributed by atoms with Gasteiger partial charge in [-0.25, -0.2) is 4.98 Å². The summed E-state index contributed by atoms with van der Waals surface area (Å²) in [6.07, 6.45) is 2.90. The maximum Gasteiger partial charge on any atom is 0.287 e. The van der Waals surface area contributed by atoms with E-state index in [4.69, 9.17) is 14.2 Å². The van der Waals surface area contributed by atoms with E-state index in [-0.39, 0.29) is 11.6 Å². The fourth-order valence-corrected chi connectivity index (χ4v) is 3.22. The summed E-state index contributed by atoms with van der Waals surface area (Å²) in [5.74, 6) is 1.17. The summed E-state index contributed by atoms with van der Waals surface area (Å²) in [6.45, 7) is 3.29. The first-order valence-corrected chi connectivity index (χ1v) is 10.1. The Morgan fingerprint density at radius 3 is 2.53 bits per heavy atom. The van der Waals surface area contributed by atoms with Gasteiger partial charge in [0.2, 0.25) is 5.88 Å². The zero-order valence-electron chi connectivity index (χ0n) is 17.5. The van der Waals surface area contributed by atoms with Gasteiger partial charge in [-0.1, -0.05) is 0 Å². The number of morpholine rings is 1. The second kappa shape index (κ2) is 9.88. The second-order valence-corrected chi connectivity index (χ2v) is 7.00. The van der Waals surface area contributed by atoms with Gasteiger partial charge >= 0.3 is 0 Å². The van der Waals surface area contributed by atoms with Crippen LogP contribution in [0.1, 0.15) is 5.56 Å². The predicted molar refractivity (Wildman–Crippen MR) is 121 cm³/mol. The Hall–Kier alpha value is -3.98. The van der Waals surface area contributed by atoms with Crippen molar-refractivity contribution in [2.75, 3.05) is 38.3 Å². The number of pyridine rings is 1. The van der Waals surface area contributed by atoms with Crippen LogP contribution in [-0.2, 0) is 4.74 Å². The highest BCUT2D eigenvalue weighted by Crippen LogP contribution is 2.32. The molecule has 0 saturated carbocycles. The van der Waals surface area contributed by atoms with Crippen molar-refractivity contribution in [1.82, 2.24) is 4.98 Å². The molecule has 0 aliphatic carbocycles. The molecule has 0 amide bonds. The number of methoxy groups -OCH3 is 1. The van der Waals surface area contributed by atoms with Gasteiger partial charge in [0.05, 0.1) is 30.9 Å². The van der Waals surface area contributed by atoms with E-state index in [1.54, 1.807) is 18.3 Å².